The van der Waals surface area contributed by atoms with Gasteiger partial charge in [-0.25, -0.2) is 4.79 Å². The molecule has 0 amide bonds. The lowest BCUT2D eigenvalue weighted by Gasteiger charge is -2.08. The average molecular weight is 257 g/mol. The quantitative estimate of drug-likeness (QED) is 0.892. The Morgan fingerprint density at radius 3 is 2.61 bits per heavy atom. The van der Waals surface area contributed by atoms with Gasteiger partial charge in [0.1, 0.15) is 0 Å². The maximum Gasteiger partial charge on any atom is 0.416 e. The van der Waals surface area contributed by atoms with Crippen molar-refractivity contribution in [3.05, 3.63) is 36.0 Å². The summed E-state index contributed by atoms with van der Waals surface area (Å²) in [6, 6.07) is 6.39. The summed E-state index contributed by atoms with van der Waals surface area (Å²) < 4.78 is 37.6. The lowest BCUT2D eigenvalue weighted by Crippen LogP contribution is -2.11. The third kappa shape index (κ3) is 2.47. The molecule has 0 unspecified atom stereocenters. The van der Waals surface area contributed by atoms with Crippen molar-refractivity contribution >= 4 is 17.0 Å². The zero-order chi connectivity index (χ0) is 13.3. The second-order valence-corrected chi connectivity index (χ2v) is 3.94. The summed E-state index contributed by atoms with van der Waals surface area (Å²) in [6.07, 6.45) is -5.30. The zero-order valence-corrected chi connectivity index (χ0v) is 9.24. The highest BCUT2D eigenvalue weighted by atomic mass is 19.4. The van der Waals surface area contributed by atoms with E-state index in [-0.39, 0.29) is 6.42 Å². The molecule has 1 N–H and O–H groups in total. The molecule has 96 valence electrons. The van der Waals surface area contributed by atoms with Gasteiger partial charge >= 0.3 is 12.3 Å². The summed E-state index contributed by atoms with van der Waals surface area (Å²) in [5.41, 5.74) is 0.714. The number of carbonyl (C=O) groups is 1. The number of benzene rings is 1. The summed E-state index contributed by atoms with van der Waals surface area (Å²) in [5, 5.41) is 9.59. The molecule has 0 aliphatic carbocycles. The van der Waals surface area contributed by atoms with E-state index in [2.05, 4.69) is 0 Å². The Kier molecular flexibility index (Phi) is 3.02. The Morgan fingerprint density at radius 2 is 2.00 bits per heavy atom. The van der Waals surface area contributed by atoms with E-state index in [0.717, 1.165) is 4.57 Å². The van der Waals surface area contributed by atoms with E-state index in [0.29, 0.717) is 16.5 Å². The molecule has 0 aliphatic rings. The highest BCUT2D eigenvalue weighted by Gasteiger charge is 2.27. The fourth-order valence-electron chi connectivity index (χ4n) is 1.91. The maximum atomic E-state index is 12.2. The van der Waals surface area contributed by atoms with Crippen LogP contribution >= 0.6 is 0 Å². The van der Waals surface area contributed by atoms with Crippen LogP contribution in [0.15, 0.2) is 30.5 Å². The van der Waals surface area contributed by atoms with Crippen molar-refractivity contribution in [3.63, 3.8) is 0 Å². The largest absolute Gasteiger partial charge is 0.464 e. The molecule has 2 aromatic rings. The van der Waals surface area contributed by atoms with Gasteiger partial charge in [0.15, 0.2) is 0 Å². The van der Waals surface area contributed by atoms with Gasteiger partial charge in [-0.2, -0.15) is 13.2 Å². The first-order valence-electron chi connectivity index (χ1n) is 5.27. The first kappa shape index (κ1) is 12.5. The van der Waals surface area contributed by atoms with Gasteiger partial charge in [0.2, 0.25) is 0 Å². The fourth-order valence-corrected chi connectivity index (χ4v) is 1.91. The minimum atomic E-state index is -4.25. The third-order valence-electron chi connectivity index (χ3n) is 2.68. The van der Waals surface area contributed by atoms with Crippen LogP contribution in [-0.4, -0.2) is 21.9 Å². The van der Waals surface area contributed by atoms with Crippen molar-refractivity contribution in [2.75, 3.05) is 0 Å². The van der Waals surface area contributed by atoms with Gasteiger partial charge in [-0.15, -0.1) is 0 Å². The number of para-hydroxylation sites is 1. The van der Waals surface area contributed by atoms with Crippen molar-refractivity contribution in [2.45, 2.75) is 19.0 Å². The van der Waals surface area contributed by atoms with E-state index in [1.807, 2.05) is 0 Å². The average Bonchev–Trinajstić information content (AvgIpc) is 2.69. The number of rotatable bonds is 2. The van der Waals surface area contributed by atoms with Crippen LogP contribution < -0.4 is 0 Å². The van der Waals surface area contributed by atoms with Crippen LogP contribution in [-0.2, 0) is 6.42 Å². The standard InChI is InChI=1S/C12H10F3NO2/c13-12(14,15)6-4-8-2-1-3-9-5-7-16(10(8)9)11(17)18/h1-3,5,7H,4,6H2,(H,17,18). The van der Waals surface area contributed by atoms with Crippen LogP contribution in [0.25, 0.3) is 10.9 Å². The van der Waals surface area contributed by atoms with Crippen LogP contribution in [0.4, 0.5) is 18.0 Å². The van der Waals surface area contributed by atoms with E-state index in [4.69, 9.17) is 5.11 Å². The monoisotopic (exact) mass is 257 g/mol. The Hall–Kier alpha value is -1.98. The molecule has 6 heteroatoms. The van der Waals surface area contributed by atoms with E-state index in [1.54, 1.807) is 18.2 Å². The van der Waals surface area contributed by atoms with Gasteiger partial charge in [-0.05, 0) is 18.1 Å². The van der Waals surface area contributed by atoms with Gasteiger partial charge in [0.05, 0.1) is 5.52 Å². The Balaban J connectivity index is 2.43. The number of hydrogen-bond donors (Lipinski definition) is 1. The number of nitrogens with zero attached hydrogens (tertiary/aromatic N) is 1. The SMILES string of the molecule is O=C(O)n1ccc2cccc(CCC(F)(F)F)c21. The second kappa shape index (κ2) is 4.36. The minimum absolute atomic E-state index is 0.224. The fraction of sp³-hybridized carbons (Fsp3) is 0.250. The lowest BCUT2D eigenvalue weighted by atomic mass is 10.1. The molecular formula is C12H10F3NO2. The molecular weight excluding hydrogens is 247 g/mol. The molecule has 0 atom stereocenters. The molecule has 0 fully saturated rings. The molecule has 1 heterocycles. The predicted molar refractivity (Wildman–Crippen MR) is 59.7 cm³/mol. The van der Waals surface area contributed by atoms with E-state index in [9.17, 15) is 18.0 Å². The number of halogens is 3. The van der Waals surface area contributed by atoms with Crippen molar-refractivity contribution < 1.29 is 23.1 Å². The number of hydrogen-bond acceptors (Lipinski definition) is 1. The van der Waals surface area contributed by atoms with Crippen LogP contribution in [0, 0.1) is 0 Å². The lowest BCUT2D eigenvalue weighted by molar-refractivity contribution is -0.133. The highest BCUT2D eigenvalue weighted by molar-refractivity contribution is 5.91. The summed E-state index contributed by atoms with van der Waals surface area (Å²) in [7, 11) is 0. The van der Waals surface area contributed by atoms with E-state index >= 15 is 0 Å². The smallest absolute Gasteiger partial charge is 0.416 e. The molecule has 0 radical (unpaired) electrons. The summed E-state index contributed by atoms with van der Waals surface area (Å²) in [5.74, 6) is 0. The predicted octanol–water partition coefficient (Wildman–Crippen LogP) is 3.66. The van der Waals surface area contributed by atoms with Crippen molar-refractivity contribution in [3.8, 4) is 0 Å². The first-order chi connectivity index (χ1) is 8.38. The maximum absolute atomic E-state index is 12.2. The van der Waals surface area contributed by atoms with Gasteiger partial charge in [-0.1, -0.05) is 18.2 Å². The van der Waals surface area contributed by atoms with Gasteiger partial charge in [0, 0.05) is 18.0 Å². The van der Waals surface area contributed by atoms with Gasteiger partial charge in [0.25, 0.3) is 0 Å². The number of aromatic nitrogens is 1. The molecule has 0 saturated carbocycles. The number of aryl methyl sites for hydroxylation is 1. The third-order valence-corrected chi connectivity index (χ3v) is 2.68. The molecule has 3 nitrogen and oxygen atoms in total. The molecule has 1 aromatic carbocycles. The van der Waals surface area contributed by atoms with Gasteiger partial charge < -0.3 is 5.11 Å². The Morgan fingerprint density at radius 1 is 1.28 bits per heavy atom. The highest BCUT2D eigenvalue weighted by Crippen LogP contribution is 2.26. The number of alkyl halides is 3. The Labute approximate surface area is 100 Å². The van der Waals surface area contributed by atoms with E-state index in [1.165, 1.54) is 12.3 Å². The zero-order valence-electron chi connectivity index (χ0n) is 9.24. The summed E-state index contributed by atoms with van der Waals surface area (Å²) >= 11 is 0. The molecule has 0 aliphatic heterocycles. The second-order valence-electron chi connectivity index (χ2n) is 3.94. The minimum Gasteiger partial charge on any atom is -0.464 e. The van der Waals surface area contributed by atoms with Crippen LogP contribution in [0.3, 0.4) is 0 Å². The summed E-state index contributed by atoms with van der Waals surface area (Å²) in [4.78, 5) is 11.0. The number of fused-ring (bicyclic) bond motifs is 1. The summed E-state index contributed by atoms with van der Waals surface area (Å²) in [6.45, 7) is 0. The molecule has 2 rings (SSSR count). The topological polar surface area (TPSA) is 42.2 Å². The molecule has 0 spiro atoms. The Bertz CT molecular complexity index is 587. The van der Waals surface area contributed by atoms with Crippen LogP contribution in [0.5, 0.6) is 0 Å². The normalized spacial score (nSPS) is 11.9. The van der Waals surface area contributed by atoms with Crippen molar-refractivity contribution in [1.29, 1.82) is 0 Å². The van der Waals surface area contributed by atoms with Crippen molar-refractivity contribution in [1.82, 2.24) is 4.57 Å². The van der Waals surface area contributed by atoms with Crippen molar-refractivity contribution in [2.24, 2.45) is 0 Å². The van der Waals surface area contributed by atoms with Crippen LogP contribution in [0.2, 0.25) is 0 Å². The molecule has 18 heavy (non-hydrogen) atoms. The van der Waals surface area contributed by atoms with Crippen LogP contribution in [0.1, 0.15) is 12.0 Å². The van der Waals surface area contributed by atoms with E-state index < -0.39 is 18.7 Å². The molecule has 0 bridgehead atoms. The molecule has 1 aromatic heterocycles. The number of carboxylic acid groups (broad SMARTS) is 1. The van der Waals surface area contributed by atoms with Gasteiger partial charge in [-0.3, -0.25) is 4.57 Å². The first-order valence-corrected chi connectivity index (χ1v) is 5.27. The molecule has 0 saturated heterocycles.